The monoisotopic (exact) mass is 301 g/mol. The highest BCUT2D eigenvalue weighted by Crippen LogP contribution is 2.16. The van der Waals surface area contributed by atoms with Gasteiger partial charge in [0, 0.05) is 24.6 Å². The SMILES string of the molecule is CC(C)Oc1ccc(NC(=S)NCc2ccncc2)cc1. The number of pyridine rings is 1. The fourth-order valence-electron chi connectivity index (χ4n) is 1.75. The van der Waals surface area contributed by atoms with E-state index in [2.05, 4.69) is 15.6 Å². The smallest absolute Gasteiger partial charge is 0.171 e. The first-order chi connectivity index (χ1) is 10.1. The quantitative estimate of drug-likeness (QED) is 0.829. The number of hydrogen-bond donors (Lipinski definition) is 2. The van der Waals surface area contributed by atoms with Gasteiger partial charge in [-0.05, 0) is 68.0 Å². The van der Waals surface area contributed by atoms with Gasteiger partial charge in [0.15, 0.2) is 5.11 Å². The maximum atomic E-state index is 5.60. The van der Waals surface area contributed by atoms with E-state index >= 15 is 0 Å². The van der Waals surface area contributed by atoms with Crippen LogP contribution in [0.15, 0.2) is 48.8 Å². The second kappa shape index (κ2) is 7.59. The number of thiocarbonyl (C=S) groups is 1. The van der Waals surface area contributed by atoms with Crippen molar-refractivity contribution < 1.29 is 4.74 Å². The molecular weight excluding hydrogens is 282 g/mol. The number of nitrogens with one attached hydrogen (secondary N) is 2. The largest absolute Gasteiger partial charge is 0.491 e. The zero-order valence-electron chi connectivity index (χ0n) is 12.2. The van der Waals surface area contributed by atoms with E-state index < -0.39 is 0 Å². The highest BCUT2D eigenvalue weighted by Gasteiger charge is 2.00. The van der Waals surface area contributed by atoms with Crippen LogP contribution >= 0.6 is 12.2 Å². The molecule has 0 atom stereocenters. The Hall–Kier alpha value is -2.14. The van der Waals surface area contributed by atoms with Gasteiger partial charge in [0.1, 0.15) is 5.75 Å². The van der Waals surface area contributed by atoms with Crippen molar-refractivity contribution in [3.63, 3.8) is 0 Å². The summed E-state index contributed by atoms with van der Waals surface area (Å²) in [7, 11) is 0. The van der Waals surface area contributed by atoms with E-state index in [1.165, 1.54) is 0 Å². The molecule has 0 saturated carbocycles. The third kappa shape index (κ3) is 5.39. The Morgan fingerprint density at radius 2 is 1.81 bits per heavy atom. The fraction of sp³-hybridized carbons (Fsp3) is 0.250. The summed E-state index contributed by atoms with van der Waals surface area (Å²) in [6, 6.07) is 11.6. The molecule has 4 nitrogen and oxygen atoms in total. The molecule has 21 heavy (non-hydrogen) atoms. The van der Waals surface area contributed by atoms with Crippen LogP contribution in [0, 0.1) is 0 Å². The molecule has 1 aromatic heterocycles. The molecule has 1 aromatic carbocycles. The van der Waals surface area contributed by atoms with E-state index in [0.717, 1.165) is 17.0 Å². The molecule has 0 unspecified atom stereocenters. The molecule has 0 aliphatic heterocycles. The van der Waals surface area contributed by atoms with Crippen LogP contribution < -0.4 is 15.4 Å². The number of anilines is 1. The highest BCUT2D eigenvalue weighted by molar-refractivity contribution is 7.80. The topological polar surface area (TPSA) is 46.2 Å². The molecule has 2 N–H and O–H groups in total. The average molecular weight is 301 g/mol. The summed E-state index contributed by atoms with van der Waals surface area (Å²) in [6.45, 7) is 4.68. The third-order valence-electron chi connectivity index (χ3n) is 2.69. The molecule has 0 bridgehead atoms. The number of hydrogen-bond acceptors (Lipinski definition) is 3. The van der Waals surface area contributed by atoms with Gasteiger partial charge in [0.25, 0.3) is 0 Å². The summed E-state index contributed by atoms with van der Waals surface area (Å²) in [4.78, 5) is 3.98. The van der Waals surface area contributed by atoms with Gasteiger partial charge in [-0.2, -0.15) is 0 Å². The Kier molecular flexibility index (Phi) is 5.51. The first-order valence-electron chi connectivity index (χ1n) is 6.84. The van der Waals surface area contributed by atoms with Crippen molar-refractivity contribution >= 4 is 23.0 Å². The average Bonchev–Trinajstić information content (AvgIpc) is 2.48. The Morgan fingerprint density at radius 3 is 2.43 bits per heavy atom. The first kappa shape index (κ1) is 15.3. The van der Waals surface area contributed by atoms with Crippen LogP contribution in [-0.4, -0.2) is 16.2 Å². The van der Waals surface area contributed by atoms with E-state index in [1.807, 2.05) is 50.2 Å². The number of benzene rings is 1. The molecule has 0 saturated heterocycles. The van der Waals surface area contributed by atoms with Crippen LogP contribution in [0.5, 0.6) is 5.75 Å². The van der Waals surface area contributed by atoms with Gasteiger partial charge in [-0.1, -0.05) is 0 Å². The number of aromatic nitrogens is 1. The summed E-state index contributed by atoms with van der Waals surface area (Å²) < 4.78 is 5.60. The molecule has 0 aliphatic rings. The molecule has 0 spiro atoms. The zero-order valence-corrected chi connectivity index (χ0v) is 13.0. The Balaban J connectivity index is 1.82. The Bertz CT molecular complexity index is 570. The first-order valence-corrected chi connectivity index (χ1v) is 7.25. The van der Waals surface area contributed by atoms with E-state index in [4.69, 9.17) is 17.0 Å². The highest BCUT2D eigenvalue weighted by atomic mass is 32.1. The van der Waals surface area contributed by atoms with Crippen molar-refractivity contribution in [1.29, 1.82) is 0 Å². The lowest BCUT2D eigenvalue weighted by molar-refractivity contribution is 0.242. The normalized spacial score (nSPS) is 10.2. The summed E-state index contributed by atoms with van der Waals surface area (Å²) in [5, 5.41) is 6.88. The molecule has 110 valence electrons. The van der Waals surface area contributed by atoms with Crippen LogP contribution in [0.1, 0.15) is 19.4 Å². The molecule has 5 heteroatoms. The molecule has 2 aromatic rings. The van der Waals surface area contributed by atoms with E-state index in [0.29, 0.717) is 11.7 Å². The van der Waals surface area contributed by atoms with Crippen molar-refractivity contribution in [3.8, 4) is 5.75 Å². The molecule has 2 rings (SSSR count). The molecule has 1 heterocycles. The standard InChI is InChI=1S/C16H19N3OS/c1-12(2)20-15-5-3-14(4-6-15)19-16(21)18-11-13-7-9-17-10-8-13/h3-10,12H,11H2,1-2H3,(H2,18,19,21). The van der Waals surface area contributed by atoms with Crippen LogP contribution in [0.3, 0.4) is 0 Å². The summed E-state index contributed by atoms with van der Waals surface area (Å²) >= 11 is 5.27. The van der Waals surface area contributed by atoms with Gasteiger partial charge >= 0.3 is 0 Å². The van der Waals surface area contributed by atoms with E-state index in [-0.39, 0.29) is 6.10 Å². The second-order valence-corrected chi connectivity index (χ2v) is 5.26. The van der Waals surface area contributed by atoms with Crippen LogP contribution in [0.4, 0.5) is 5.69 Å². The van der Waals surface area contributed by atoms with Gasteiger partial charge in [-0.3, -0.25) is 4.98 Å². The van der Waals surface area contributed by atoms with Crippen molar-refractivity contribution in [2.75, 3.05) is 5.32 Å². The van der Waals surface area contributed by atoms with E-state index in [1.54, 1.807) is 12.4 Å². The summed E-state index contributed by atoms with van der Waals surface area (Å²) in [5.41, 5.74) is 2.06. The van der Waals surface area contributed by atoms with Crippen molar-refractivity contribution in [2.24, 2.45) is 0 Å². The lowest BCUT2D eigenvalue weighted by Gasteiger charge is -2.12. The molecular formula is C16H19N3OS. The van der Waals surface area contributed by atoms with Crippen molar-refractivity contribution in [2.45, 2.75) is 26.5 Å². The van der Waals surface area contributed by atoms with E-state index in [9.17, 15) is 0 Å². The number of rotatable bonds is 5. The Morgan fingerprint density at radius 1 is 1.14 bits per heavy atom. The minimum Gasteiger partial charge on any atom is -0.491 e. The molecule has 0 radical (unpaired) electrons. The van der Waals surface area contributed by atoms with Crippen molar-refractivity contribution in [1.82, 2.24) is 10.3 Å². The molecule has 0 fully saturated rings. The predicted molar refractivity (Wildman–Crippen MR) is 89.5 cm³/mol. The zero-order chi connectivity index (χ0) is 15.1. The number of ether oxygens (including phenoxy) is 1. The van der Waals surface area contributed by atoms with Crippen LogP contribution in [-0.2, 0) is 6.54 Å². The van der Waals surface area contributed by atoms with Crippen LogP contribution in [0.2, 0.25) is 0 Å². The molecule has 0 aliphatic carbocycles. The van der Waals surface area contributed by atoms with Gasteiger partial charge in [0.2, 0.25) is 0 Å². The lowest BCUT2D eigenvalue weighted by Crippen LogP contribution is -2.27. The fourth-order valence-corrected chi connectivity index (χ4v) is 1.94. The van der Waals surface area contributed by atoms with Crippen molar-refractivity contribution in [3.05, 3.63) is 54.4 Å². The predicted octanol–water partition coefficient (Wildman–Crippen LogP) is 3.36. The third-order valence-corrected chi connectivity index (χ3v) is 2.93. The molecule has 0 amide bonds. The second-order valence-electron chi connectivity index (χ2n) is 4.85. The van der Waals surface area contributed by atoms with Gasteiger partial charge in [0.05, 0.1) is 6.10 Å². The summed E-state index contributed by atoms with van der Waals surface area (Å²) in [6.07, 6.45) is 3.70. The maximum Gasteiger partial charge on any atom is 0.171 e. The lowest BCUT2D eigenvalue weighted by atomic mass is 10.3. The van der Waals surface area contributed by atoms with Crippen LogP contribution in [0.25, 0.3) is 0 Å². The van der Waals surface area contributed by atoms with Gasteiger partial charge < -0.3 is 15.4 Å². The number of nitrogens with zero attached hydrogens (tertiary/aromatic N) is 1. The minimum atomic E-state index is 0.173. The summed E-state index contributed by atoms with van der Waals surface area (Å²) in [5.74, 6) is 0.853. The maximum absolute atomic E-state index is 5.60. The van der Waals surface area contributed by atoms with Gasteiger partial charge in [-0.15, -0.1) is 0 Å². The Labute approximate surface area is 130 Å². The van der Waals surface area contributed by atoms with Gasteiger partial charge in [-0.25, -0.2) is 0 Å². The minimum absolute atomic E-state index is 0.173.